The van der Waals surface area contributed by atoms with Gasteiger partial charge in [-0.05, 0) is 56.2 Å². The van der Waals surface area contributed by atoms with E-state index in [9.17, 15) is 14.4 Å². The second kappa shape index (κ2) is 13.9. The number of aromatic nitrogens is 2. The van der Waals surface area contributed by atoms with Gasteiger partial charge in [-0.1, -0.05) is 56.5 Å². The lowest BCUT2D eigenvalue weighted by molar-refractivity contribution is -0.143. The zero-order valence-corrected chi connectivity index (χ0v) is 22.2. The molecule has 10 heteroatoms. The number of rotatable bonds is 9. The second-order valence-corrected chi connectivity index (χ2v) is 9.07. The Morgan fingerprint density at radius 3 is 2.50 bits per heavy atom. The van der Waals surface area contributed by atoms with Crippen molar-refractivity contribution in [2.75, 3.05) is 11.9 Å². The molecule has 0 fully saturated rings. The van der Waals surface area contributed by atoms with Gasteiger partial charge >= 0.3 is 5.97 Å². The predicted octanol–water partition coefficient (Wildman–Crippen LogP) is 5.29. The SMILES string of the molecule is CCCCCCOC(=O)C1N=NN=C1C.Cc1ccccc1NC(=O)C(C)c1nc2ccccc2c(=O)[nH]1. The lowest BCUT2D eigenvalue weighted by Crippen LogP contribution is -2.26. The molecular formula is C28H34N6O4. The molecular weight excluding hydrogens is 484 g/mol. The maximum atomic E-state index is 12.4. The number of aryl methyl sites for hydroxylation is 1. The van der Waals surface area contributed by atoms with E-state index in [1.807, 2.05) is 37.3 Å². The summed E-state index contributed by atoms with van der Waals surface area (Å²) in [5.41, 5.74) is 2.69. The molecule has 0 radical (unpaired) electrons. The van der Waals surface area contributed by atoms with E-state index in [1.165, 1.54) is 12.8 Å². The highest BCUT2D eigenvalue weighted by Gasteiger charge is 2.26. The summed E-state index contributed by atoms with van der Waals surface area (Å²) in [5.74, 6) is -0.751. The van der Waals surface area contributed by atoms with Crippen LogP contribution in [0.4, 0.5) is 5.69 Å². The summed E-state index contributed by atoms with van der Waals surface area (Å²) in [6, 6.07) is 14.0. The predicted molar refractivity (Wildman–Crippen MR) is 147 cm³/mol. The average Bonchev–Trinajstić information content (AvgIpc) is 3.35. The van der Waals surface area contributed by atoms with Gasteiger partial charge in [0, 0.05) is 5.69 Å². The van der Waals surface area contributed by atoms with Gasteiger partial charge in [0.15, 0.2) is 0 Å². The number of benzene rings is 2. The number of H-pyrrole nitrogens is 1. The number of carbonyl (C=O) groups excluding carboxylic acids is 2. The maximum Gasteiger partial charge on any atom is 0.338 e. The topological polar surface area (TPSA) is 138 Å². The second-order valence-electron chi connectivity index (χ2n) is 9.07. The summed E-state index contributed by atoms with van der Waals surface area (Å²) in [6.45, 7) is 7.99. The van der Waals surface area contributed by atoms with Crippen LogP contribution >= 0.6 is 0 Å². The van der Waals surface area contributed by atoms with Crippen molar-refractivity contribution in [2.45, 2.75) is 65.3 Å². The Morgan fingerprint density at radius 1 is 1.05 bits per heavy atom. The number of fused-ring (bicyclic) bond motifs is 1. The Hall–Kier alpha value is -4.21. The van der Waals surface area contributed by atoms with Crippen LogP contribution < -0.4 is 10.9 Å². The molecule has 2 aromatic carbocycles. The third kappa shape index (κ3) is 7.64. The summed E-state index contributed by atoms with van der Waals surface area (Å²) in [5, 5.41) is 14.2. The van der Waals surface area contributed by atoms with Crippen molar-refractivity contribution in [3.05, 3.63) is 70.3 Å². The molecule has 2 N–H and O–H groups in total. The zero-order valence-electron chi connectivity index (χ0n) is 22.2. The van der Waals surface area contributed by atoms with Gasteiger partial charge in [0.05, 0.1) is 29.1 Å². The van der Waals surface area contributed by atoms with E-state index in [4.69, 9.17) is 4.74 Å². The number of hydrogen-bond donors (Lipinski definition) is 2. The zero-order chi connectivity index (χ0) is 27.5. The molecule has 0 spiro atoms. The van der Waals surface area contributed by atoms with Gasteiger partial charge in [-0.2, -0.15) is 0 Å². The molecule has 0 aliphatic carbocycles. The largest absolute Gasteiger partial charge is 0.464 e. The first-order valence-corrected chi connectivity index (χ1v) is 12.8. The first kappa shape index (κ1) is 28.4. The minimum atomic E-state index is -0.601. The minimum absolute atomic E-state index is 0.210. The molecule has 1 aliphatic heterocycles. The summed E-state index contributed by atoms with van der Waals surface area (Å²) >= 11 is 0. The molecule has 2 atom stereocenters. The van der Waals surface area contributed by atoms with E-state index in [2.05, 4.69) is 37.6 Å². The molecule has 1 aromatic heterocycles. The van der Waals surface area contributed by atoms with Crippen molar-refractivity contribution < 1.29 is 14.3 Å². The number of aromatic amines is 1. The van der Waals surface area contributed by atoms with E-state index in [0.717, 1.165) is 24.1 Å². The van der Waals surface area contributed by atoms with Crippen LogP contribution in [0.5, 0.6) is 0 Å². The molecule has 10 nitrogen and oxygen atoms in total. The van der Waals surface area contributed by atoms with E-state index in [-0.39, 0.29) is 17.4 Å². The minimum Gasteiger partial charge on any atom is -0.464 e. The molecule has 200 valence electrons. The number of nitrogens with one attached hydrogen (secondary N) is 2. The Bertz CT molecular complexity index is 1380. The van der Waals surface area contributed by atoms with Crippen molar-refractivity contribution in [1.29, 1.82) is 0 Å². The summed E-state index contributed by atoms with van der Waals surface area (Å²) < 4.78 is 5.07. The fraction of sp³-hybridized carbons (Fsp3) is 0.393. The molecule has 1 amide bonds. The lowest BCUT2D eigenvalue weighted by Gasteiger charge is -2.13. The maximum absolute atomic E-state index is 12.4. The number of unbranched alkanes of at least 4 members (excludes halogenated alkanes) is 3. The van der Waals surface area contributed by atoms with Crippen molar-refractivity contribution >= 4 is 34.2 Å². The van der Waals surface area contributed by atoms with Crippen LogP contribution in [-0.2, 0) is 14.3 Å². The van der Waals surface area contributed by atoms with Gasteiger partial charge in [0.2, 0.25) is 11.9 Å². The van der Waals surface area contributed by atoms with E-state index in [0.29, 0.717) is 29.0 Å². The number of amides is 1. The first-order valence-electron chi connectivity index (χ1n) is 12.8. The van der Waals surface area contributed by atoms with Crippen LogP contribution in [0.15, 0.2) is 68.8 Å². The molecule has 0 bridgehead atoms. The summed E-state index contributed by atoms with van der Waals surface area (Å²) in [7, 11) is 0. The van der Waals surface area contributed by atoms with Crippen molar-refractivity contribution in [3.63, 3.8) is 0 Å². The number of para-hydroxylation sites is 2. The van der Waals surface area contributed by atoms with Gasteiger partial charge in [0.1, 0.15) is 5.82 Å². The van der Waals surface area contributed by atoms with Crippen LogP contribution in [-0.4, -0.2) is 40.2 Å². The van der Waals surface area contributed by atoms with Gasteiger partial charge in [-0.15, -0.1) is 10.2 Å². The van der Waals surface area contributed by atoms with E-state index < -0.39 is 12.0 Å². The van der Waals surface area contributed by atoms with Crippen LogP contribution in [0.3, 0.4) is 0 Å². The van der Waals surface area contributed by atoms with E-state index >= 15 is 0 Å². The Labute approximate surface area is 221 Å². The third-order valence-corrected chi connectivity index (χ3v) is 6.07. The normalized spacial score (nSPS) is 14.8. The molecule has 2 heterocycles. The Balaban J connectivity index is 0.000000232. The van der Waals surface area contributed by atoms with Gasteiger partial charge < -0.3 is 15.0 Å². The summed E-state index contributed by atoms with van der Waals surface area (Å²) in [4.78, 5) is 43.1. The van der Waals surface area contributed by atoms with Gasteiger partial charge in [0.25, 0.3) is 5.56 Å². The van der Waals surface area contributed by atoms with E-state index in [1.54, 1.807) is 32.0 Å². The summed E-state index contributed by atoms with van der Waals surface area (Å²) in [6.07, 6.45) is 4.38. The highest BCUT2D eigenvalue weighted by atomic mass is 16.5. The Kier molecular flexibility index (Phi) is 10.4. The fourth-order valence-corrected chi connectivity index (χ4v) is 3.67. The van der Waals surface area contributed by atoms with Crippen molar-refractivity contribution in [2.24, 2.45) is 15.4 Å². The smallest absolute Gasteiger partial charge is 0.338 e. The van der Waals surface area contributed by atoms with Crippen molar-refractivity contribution in [3.8, 4) is 0 Å². The first-order chi connectivity index (χ1) is 18.3. The van der Waals surface area contributed by atoms with Crippen LogP contribution in [0.2, 0.25) is 0 Å². The van der Waals surface area contributed by atoms with Gasteiger partial charge in [-0.25, -0.2) is 9.78 Å². The number of hydrogen-bond acceptors (Lipinski definition) is 8. The number of nitrogens with zero attached hydrogens (tertiary/aromatic N) is 4. The number of anilines is 1. The molecule has 4 rings (SSSR count). The molecule has 1 aliphatic rings. The van der Waals surface area contributed by atoms with Crippen LogP contribution in [0.1, 0.15) is 63.8 Å². The molecule has 2 unspecified atom stereocenters. The quantitative estimate of drug-likeness (QED) is 0.293. The highest BCUT2D eigenvalue weighted by Crippen LogP contribution is 2.18. The Morgan fingerprint density at radius 2 is 1.79 bits per heavy atom. The third-order valence-electron chi connectivity index (χ3n) is 6.07. The number of carbonyl (C=O) groups is 2. The van der Waals surface area contributed by atoms with Gasteiger partial charge in [-0.3, -0.25) is 9.59 Å². The average molecular weight is 519 g/mol. The van der Waals surface area contributed by atoms with Crippen LogP contribution in [0.25, 0.3) is 10.9 Å². The molecule has 0 saturated carbocycles. The lowest BCUT2D eigenvalue weighted by atomic mass is 10.1. The van der Waals surface area contributed by atoms with Crippen LogP contribution in [0, 0.1) is 6.92 Å². The fourth-order valence-electron chi connectivity index (χ4n) is 3.67. The standard InChI is InChI=1S/C18H17N3O2.C10H17N3O2/c1-11-7-3-5-9-14(11)20-17(22)12(2)16-19-15-10-6-4-8-13(15)18(23)21-16;1-3-4-5-6-7-15-10(14)9-8(2)11-13-12-9/h3-10,12H,1-2H3,(H,20,22)(H,19,21,23);9H,3-7H2,1-2H3. The van der Waals surface area contributed by atoms with Crippen molar-refractivity contribution in [1.82, 2.24) is 9.97 Å². The molecule has 3 aromatic rings. The molecule has 38 heavy (non-hydrogen) atoms. The monoisotopic (exact) mass is 518 g/mol. The number of esters is 1. The highest BCUT2D eigenvalue weighted by molar-refractivity contribution is 6.05. The number of ether oxygens (including phenoxy) is 1. The molecule has 0 saturated heterocycles.